The van der Waals surface area contributed by atoms with Crippen LogP contribution in [0.15, 0.2) is 36.4 Å². The number of benzene rings is 2. The molecule has 0 bridgehead atoms. The molecular weight excluding hydrogens is 412 g/mol. The van der Waals surface area contributed by atoms with Crippen LogP contribution in [0.4, 0.5) is 0 Å². The van der Waals surface area contributed by atoms with Gasteiger partial charge in [-0.2, -0.15) is 0 Å². The van der Waals surface area contributed by atoms with Gasteiger partial charge in [0.1, 0.15) is 11.5 Å². The molecule has 2 unspecified atom stereocenters. The highest BCUT2D eigenvalue weighted by molar-refractivity contribution is 8.00. The summed E-state index contributed by atoms with van der Waals surface area (Å²) in [5.74, 6) is 1.39. The second kappa shape index (κ2) is 10.0. The predicted molar refractivity (Wildman–Crippen MR) is 116 cm³/mol. The van der Waals surface area contributed by atoms with Crippen LogP contribution in [0.25, 0.3) is 0 Å². The molecule has 158 valence electrons. The van der Waals surface area contributed by atoms with Gasteiger partial charge in [0.15, 0.2) is 0 Å². The Morgan fingerprint density at radius 2 is 1.90 bits per heavy atom. The van der Waals surface area contributed by atoms with Crippen molar-refractivity contribution in [2.45, 2.75) is 42.5 Å². The van der Waals surface area contributed by atoms with Crippen molar-refractivity contribution in [3.63, 3.8) is 0 Å². The van der Waals surface area contributed by atoms with Crippen LogP contribution in [0, 0.1) is 0 Å². The van der Waals surface area contributed by atoms with E-state index in [2.05, 4.69) is 0 Å². The van der Waals surface area contributed by atoms with Gasteiger partial charge in [-0.25, -0.2) is 0 Å². The number of methoxy groups -OCH3 is 1. The second-order valence-corrected chi connectivity index (χ2v) is 8.95. The fourth-order valence-electron chi connectivity index (χ4n) is 3.57. The Hall–Kier alpha value is -1.44. The summed E-state index contributed by atoms with van der Waals surface area (Å²) < 4.78 is 11.0. The second-order valence-electron chi connectivity index (χ2n) is 7.09. The lowest BCUT2D eigenvalue weighted by Gasteiger charge is -2.36. The summed E-state index contributed by atoms with van der Waals surface area (Å²) in [6.45, 7) is 2.51. The van der Waals surface area contributed by atoms with Gasteiger partial charge < -0.3 is 24.8 Å². The van der Waals surface area contributed by atoms with E-state index in [9.17, 15) is 15.3 Å². The maximum Gasteiger partial charge on any atom is 0.124 e. The molecule has 1 aliphatic heterocycles. The highest BCUT2D eigenvalue weighted by Crippen LogP contribution is 2.47. The van der Waals surface area contributed by atoms with Gasteiger partial charge >= 0.3 is 0 Å². The maximum absolute atomic E-state index is 10.6. The Labute approximate surface area is 180 Å². The van der Waals surface area contributed by atoms with Gasteiger partial charge in [0.2, 0.25) is 0 Å². The Morgan fingerprint density at radius 1 is 1.17 bits per heavy atom. The summed E-state index contributed by atoms with van der Waals surface area (Å²) in [4.78, 5) is 0. The fourth-order valence-corrected chi connectivity index (χ4v) is 5.28. The summed E-state index contributed by atoms with van der Waals surface area (Å²) >= 11 is 7.96. The average molecular weight is 439 g/mol. The van der Waals surface area contributed by atoms with Gasteiger partial charge in [-0.3, -0.25) is 0 Å². The molecule has 2 aromatic rings. The third-order valence-corrected chi connectivity index (χ3v) is 6.99. The molecule has 2 aromatic carbocycles. The number of hydrogen-bond donors (Lipinski definition) is 3. The van der Waals surface area contributed by atoms with Crippen LogP contribution in [0.5, 0.6) is 11.5 Å². The van der Waals surface area contributed by atoms with Crippen LogP contribution in [-0.4, -0.2) is 53.1 Å². The number of aliphatic hydroxyl groups is 3. The zero-order valence-corrected chi connectivity index (χ0v) is 18.1. The molecule has 4 atom stereocenters. The van der Waals surface area contributed by atoms with Gasteiger partial charge in [0.25, 0.3) is 0 Å². The summed E-state index contributed by atoms with van der Waals surface area (Å²) in [7, 11) is 1.56. The van der Waals surface area contributed by atoms with Crippen molar-refractivity contribution in [2.75, 3.05) is 20.3 Å². The van der Waals surface area contributed by atoms with Gasteiger partial charge in [-0.1, -0.05) is 23.7 Å². The molecule has 0 saturated carbocycles. The standard InChI is InChI=1S/C22H27ClO5S/c1-3-28-15-6-4-13(5-7-15)8-14-9-17(20(27-2)11-18(14)23)22-21(26)19(25)10-16(12-24)29-22/h4-7,9,11,16,19,21-22,24-26H,3,8,10,12H2,1-2H3/t16?,19-,21+,22?/m0/s1. The predicted octanol–water partition coefficient (Wildman–Crippen LogP) is 3.60. The molecule has 1 fully saturated rings. The van der Waals surface area contributed by atoms with E-state index in [4.69, 9.17) is 21.1 Å². The minimum absolute atomic E-state index is 0.0557. The first-order valence-electron chi connectivity index (χ1n) is 9.67. The van der Waals surface area contributed by atoms with Gasteiger partial charge in [-0.05, 0) is 55.2 Å². The molecular formula is C22H27ClO5S. The van der Waals surface area contributed by atoms with Crippen LogP contribution in [0.1, 0.15) is 35.3 Å². The number of aliphatic hydroxyl groups excluding tert-OH is 3. The first-order chi connectivity index (χ1) is 14.0. The van der Waals surface area contributed by atoms with Crippen molar-refractivity contribution in [3.8, 4) is 11.5 Å². The Balaban J connectivity index is 1.91. The summed E-state index contributed by atoms with van der Waals surface area (Å²) in [6, 6.07) is 11.6. The van der Waals surface area contributed by atoms with Gasteiger partial charge in [0.05, 0.1) is 37.8 Å². The van der Waals surface area contributed by atoms with Crippen molar-refractivity contribution >= 4 is 23.4 Å². The first-order valence-corrected chi connectivity index (χ1v) is 11.0. The zero-order valence-electron chi connectivity index (χ0n) is 16.5. The molecule has 3 N–H and O–H groups in total. The summed E-state index contributed by atoms with van der Waals surface area (Å²) in [5.41, 5.74) is 2.75. The van der Waals surface area contributed by atoms with E-state index in [0.717, 1.165) is 22.4 Å². The highest BCUT2D eigenvalue weighted by Gasteiger charge is 2.38. The molecule has 5 nitrogen and oxygen atoms in total. The van der Waals surface area contributed by atoms with E-state index in [1.54, 1.807) is 13.2 Å². The quantitative estimate of drug-likeness (QED) is 0.613. The minimum atomic E-state index is -0.948. The molecule has 1 aliphatic rings. The van der Waals surface area contributed by atoms with Crippen LogP contribution in [0.3, 0.4) is 0 Å². The third kappa shape index (κ3) is 5.19. The van der Waals surface area contributed by atoms with E-state index in [1.165, 1.54) is 11.8 Å². The molecule has 7 heteroatoms. The third-order valence-electron chi connectivity index (χ3n) is 5.09. The van der Waals surface area contributed by atoms with E-state index in [0.29, 0.717) is 30.2 Å². The smallest absolute Gasteiger partial charge is 0.124 e. The number of hydrogen-bond acceptors (Lipinski definition) is 6. The summed E-state index contributed by atoms with van der Waals surface area (Å²) in [5, 5.41) is 30.4. The normalized spacial score (nSPS) is 24.3. The number of halogens is 1. The molecule has 0 spiro atoms. The topological polar surface area (TPSA) is 79.2 Å². The molecule has 0 aromatic heterocycles. The molecule has 1 saturated heterocycles. The average Bonchev–Trinajstić information content (AvgIpc) is 2.72. The lowest BCUT2D eigenvalue weighted by molar-refractivity contribution is 0.00497. The Morgan fingerprint density at radius 3 is 2.52 bits per heavy atom. The first kappa shape index (κ1) is 22.2. The van der Waals surface area contributed by atoms with E-state index < -0.39 is 17.5 Å². The van der Waals surface area contributed by atoms with E-state index in [-0.39, 0.29) is 11.9 Å². The number of ether oxygens (including phenoxy) is 2. The van der Waals surface area contributed by atoms with Crippen LogP contribution < -0.4 is 9.47 Å². The largest absolute Gasteiger partial charge is 0.496 e. The van der Waals surface area contributed by atoms with Gasteiger partial charge in [0, 0.05) is 15.8 Å². The number of rotatable bonds is 7. The Kier molecular flexibility index (Phi) is 7.71. The van der Waals surface area contributed by atoms with Crippen molar-refractivity contribution in [3.05, 3.63) is 58.1 Å². The van der Waals surface area contributed by atoms with E-state index in [1.807, 2.05) is 37.3 Å². The molecule has 3 rings (SSSR count). The fraction of sp³-hybridized carbons (Fsp3) is 0.455. The van der Waals surface area contributed by atoms with Crippen LogP contribution >= 0.6 is 23.4 Å². The molecule has 29 heavy (non-hydrogen) atoms. The van der Waals surface area contributed by atoms with Gasteiger partial charge in [-0.15, -0.1) is 11.8 Å². The van der Waals surface area contributed by atoms with Crippen molar-refractivity contribution < 1.29 is 24.8 Å². The molecule has 0 amide bonds. The number of thioether (sulfide) groups is 1. The maximum atomic E-state index is 10.6. The SMILES string of the molecule is CCOc1ccc(Cc2cc(C3SC(CO)C[C@H](O)[C@H]3O)c(OC)cc2Cl)cc1. The van der Waals surface area contributed by atoms with Crippen molar-refractivity contribution in [1.82, 2.24) is 0 Å². The minimum Gasteiger partial charge on any atom is -0.496 e. The molecule has 0 radical (unpaired) electrons. The monoisotopic (exact) mass is 438 g/mol. The highest BCUT2D eigenvalue weighted by atomic mass is 35.5. The van der Waals surface area contributed by atoms with Crippen molar-refractivity contribution in [2.24, 2.45) is 0 Å². The Bertz CT molecular complexity index is 814. The lowest BCUT2D eigenvalue weighted by atomic mass is 9.95. The van der Waals surface area contributed by atoms with Crippen LogP contribution in [0.2, 0.25) is 5.02 Å². The van der Waals surface area contributed by atoms with Crippen molar-refractivity contribution in [1.29, 1.82) is 0 Å². The summed E-state index contributed by atoms with van der Waals surface area (Å²) in [6.07, 6.45) is -0.875. The van der Waals surface area contributed by atoms with E-state index >= 15 is 0 Å². The molecule has 1 heterocycles. The van der Waals surface area contributed by atoms with Crippen LogP contribution in [-0.2, 0) is 6.42 Å². The zero-order chi connectivity index (χ0) is 21.0. The molecule has 0 aliphatic carbocycles. The lowest BCUT2D eigenvalue weighted by Crippen LogP contribution is -2.39.